The van der Waals surface area contributed by atoms with Crippen LogP contribution in [0, 0.1) is 6.92 Å². The molecule has 10 heteroatoms. The number of anilines is 1. The standard InChI is InChI=1S/C23H18N6O3S/c1-16-24-12-13-29(16)21-14-22(27-15-26-21)32-19-9-7-18(8-10-19)28-33(30,31)20-6-2-4-17-5-3-11-25-23(17)20/h2-15,28H,1H3. The molecular formula is C23H18N6O3S. The Morgan fingerprint density at radius 1 is 0.909 bits per heavy atom. The molecule has 0 saturated heterocycles. The van der Waals surface area contributed by atoms with Gasteiger partial charge >= 0.3 is 0 Å². The number of imidazole rings is 1. The molecule has 0 aliphatic carbocycles. The van der Waals surface area contributed by atoms with E-state index in [1.165, 1.54) is 12.4 Å². The van der Waals surface area contributed by atoms with Crippen LogP contribution in [-0.4, -0.2) is 32.9 Å². The van der Waals surface area contributed by atoms with E-state index in [0.29, 0.717) is 28.7 Å². The van der Waals surface area contributed by atoms with Crippen LogP contribution in [0.5, 0.6) is 11.6 Å². The van der Waals surface area contributed by atoms with Crippen molar-refractivity contribution in [2.75, 3.05) is 4.72 Å². The Balaban J connectivity index is 1.35. The second-order valence-electron chi connectivity index (χ2n) is 7.12. The third-order valence-corrected chi connectivity index (χ3v) is 6.33. The number of rotatable bonds is 6. The summed E-state index contributed by atoms with van der Waals surface area (Å²) in [5.41, 5.74) is 0.813. The first-order valence-corrected chi connectivity index (χ1v) is 11.4. The van der Waals surface area contributed by atoms with E-state index < -0.39 is 10.0 Å². The lowest BCUT2D eigenvalue weighted by Crippen LogP contribution is -2.13. The topological polar surface area (TPSA) is 112 Å². The van der Waals surface area contributed by atoms with Gasteiger partial charge in [-0.1, -0.05) is 18.2 Å². The summed E-state index contributed by atoms with van der Waals surface area (Å²) in [6.07, 6.45) is 6.46. The minimum absolute atomic E-state index is 0.115. The predicted molar refractivity (Wildman–Crippen MR) is 123 cm³/mol. The van der Waals surface area contributed by atoms with Gasteiger partial charge in [0, 0.05) is 35.7 Å². The van der Waals surface area contributed by atoms with Crippen LogP contribution in [0.25, 0.3) is 16.7 Å². The van der Waals surface area contributed by atoms with E-state index in [0.717, 1.165) is 11.2 Å². The lowest BCUT2D eigenvalue weighted by atomic mass is 10.2. The number of aromatic nitrogens is 5. The summed E-state index contributed by atoms with van der Waals surface area (Å²) in [6, 6.07) is 16.9. The maximum absolute atomic E-state index is 13.0. The summed E-state index contributed by atoms with van der Waals surface area (Å²) < 4.78 is 36.1. The first kappa shape index (κ1) is 20.6. The zero-order valence-corrected chi connectivity index (χ0v) is 18.3. The van der Waals surface area contributed by atoms with Crippen molar-refractivity contribution >= 4 is 26.6 Å². The van der Waals surface area contributed by atoms with Crippen molar-refractivity contribution in [1.29, 1.82) is 0 Å². The quantitative estimate of drug-likeness (QED) is 0.407. The number of aryl methyl sites for hydroxylation is 1. The third kappa shape index (κ3) is 4.23. The van der Waals surface area contributed by atoms with Crippen molar-refractivity contribution in [3.63, 3.8) is 0 Å². The zero-order chi connectivity index (χ0) is 22.8. The number of sulfonamides is 1. The van der Waals surface area contributed by atoms with Gasteiger partial charge in [0.15, 0.2) is 0 Å². The molecule has 33 heavy (non-hydrogen) atoms. The second-order valence-corrected chi connectivity index (χ2v) is 8.77. The maximum Gasteiger partial charge on any atom is 0.264 e. The van der Waals surface area contributed by atoms with Gasteiger partial charge in [-0.05, 0) is 43.3 Å². The van der Waals surface area contributed by atoms with Crippen molar-refractivity contribution in [3.05, 3.63) is 91.4 Å². The van der Waals surface area contributed by atoms with Crippen LogP contribution in [-0.2, 0) is 10.0 Å². The van der Waals surface area contributed by atoms with Crippen molar-refractivity contribution in [1.82, 2.24) is 24.5 Å². The minimum Gasteiger partial charge on any atom is -0.439 e. The van der Waals surface area contributed by atoms with Crippen LogP contribution >= 0.6 is 0 Å². The predicted octanol–water partition coefficient (Wildman–Crippen LogP) is 4.11. The molecular weight excluding hydrogens is 440 g/mol. The number of ether oxygens (including phenoxy) is 1. The van der Waals surface area contributed by atoms with E-state index in [1.807, 2.05) is 23.6 Å². The molecule has 5 rings (SSSR count). The Hall–Kier alpha value is -4.31. The molecule has 0 unspecified atom stereocenters. The van der Waals surface area contributed by atoms with Crippen molar-refractivity contribution < 1.29 is 13.2 Å². The highest BCUT2D eigenvalue weighted by atomic mass is 32.2. The Kier molecular flexibility index (Phi) is 5.19. The Morgan fingerprint density at radius 3 is 2.52 bits per heavy atom. The number of para-hydroxylation sites is 1. The monoisotopic (exact) mass is 458 g/mol. The van der Waals surface area contributed by atoms with Gasteiger partial charge < -0.3 is 4.74 Å². The van der Waals surface area contributed by atoms with Gasteiger partial charge in [-0.3, -0.25) is 14.3 Å². The van der Waals surface area contributed by atoms with E-state index in [9.17, 15) is 8.42 Å². The summed E-state index contributed by atoms with van der Waals surface area (Å²) in [7, 11) is -3.83. The Bertz CT molecular complexity index is 1540. The molecule has 0 bridgehead atoms. The molecule has 3 aromatic heterocycles. The fraction of sp³-hybridized carbons (Fsp3) is 0.0435. The number of nitrogens with one attached hydrogen (secondary N) is 1. The molecule has 0 spiro atoms. The molecule has 0 saturated carbocycles. The van der Waals surface area contributed by atoms with Crippen LogP contribution in [0.3, 0.4) is 0 Å². The Labute approximate surface area is 189 Å². The molecule has 0 fully saturated rings. The lowest BCUT2D eigenvalue weighted by Gasteiger charge is -2.11. The highest BCUT2D eigenvalue weighted by Gasteiger charge is 2.18. The number of fused-ring (bicyclic) bond motifs is 1. The molecule has 0 atom stereocenters. The van der Waals surface area contributed by atoms with E-state index in [1.54, 1.807) is 61.1 Å². The van der Waals surface area contributed by atoms with E-state index in [4.69, 9.17) is 4.74 Å². The maximum atomic E-state index is 13.0. The van der Waals surface area contributed by atoms with Gasteiger partial charge in [0.25, 0.3) is 10.0 Å². The molecule has 164 valence electrons. The molecule has 1 N–H and O–H groups in total. The summed E-state index contributed by atoms with van der Waals surface area (Å²) in [5, 5.41) is 0.749. The molecule has 0 aliphatic rings. The number of pyridine rings is 1. The average Bonchev–Trinajstić information content (AvgIpc) is 3.26. The van der Waals surface area contributed by atoms with Crippen LogP contribution in [0.1, 0.15) is 5.82 Å². The first-order chi connectivity index (χ1) is 16.0. The van der Waals surface area contributed by atoms with Gasteiger partial charge in [-0.25, -0.2) is 23.4 Å². The third-order valence-electron chi connectivity index (χ3n) is 4.91. The number of nitrogens with zero attached hydrogens (tertiary/aromatic N) is 5. The molecule has 9 nitrogen and oxygen atoms in total. The molecule has 2 aromatic carbocycles. The van der Waals surface area contributed by atoms with Crippen molar-refractivity contribution in [3.8, 4) is 17.4 Å². The van der Waals surface area contributed by atoms with E-state index >= 15 is 0 Å². The van der Waals surface area contributed by atoms with Gasteiger partial charge in [-0.2, -0.15) is 0 Å². The molecule has 0 aliphatic heterocycles. The summed E-state index contributed by atoms with van der Waals surface area (Å²) in [6.45, 7) is 1.87. The van der Waals surface area contributed by atoms with Crippen LogP contribution < -0.4 is 9.46 Å². The highest BCUT2D eigenvalue weighted by Crippen LogP contribution is 2.26. The normalized spacial score (nSPS) is 11.4. The van der Waals surface area contributed by atoms with E-state index in [2.05, 4.69) is 24.7 Å². The zero-order valence-electron chi connectivity index (χ0n) is 17.5. The lowest BCUT2D eigenvalue weighted by molar-refractivity contribution is 0.461. The van der Waals surface area contributed by atoms with Gasteiger partial charge in [0.2, 0.25) is 5.88 Å². The van der Waals surface area contributed by atoms with Crippen LogP contribution in [0.15, 0.2) is 90.5 Å². The fourth-order valence-electron chi connectivity index (χ4n) is 3.35. The van der Waals surface area contributed by atoms with E-state index in [-0.39, 0.29) is 4.90 Å². The SMILES string of the molecule is Cc1nccn1-c1cc(Oc2ccc(NS(=O)(=O)c3cccc4cccnc34)cc2)ncn1. The van der Waals surface area contributed by atoms with Gasteiger partial charge in [0.1, 0.15) is 28.6 Å². The second kappa shape index (κ2) is 8.32. The Morgan fingerprint density at radius 2 is 1.73 bits per heavy atom. The summed E-state index contributed by atoms with van der Waals surface area (Å²) >= 11 is 0. The van der Waals surface area contributed by atoms with Crippen LogP contribution in [0.2, 0.25) is 0 Å². The number of hydrogen-bond donors (Lipinski definition) is 1. The molecule has 0 radical (unpaired) electrons. The molecule has 3 heterocycles. The highest BCUT2D eigenvalue weighted by molar-refractivity contribution is 7.93. The van der Waals surface area contributed by atoms with Gasteiger partial charge in [-0.15, -0.1) is 0 Å². The van der Waals surface area contributed by atoms with Crippen molar-refractivity contribution in [2.45, 2.75) is 11.8 Å². The van der Waals surface area contributed by atoms with Gasteiger partial charge in [0.05, 0.1) is 5.52 Å². The largest absolute Gasteiger partial charge is 0.439 e. The van der Waals surface area contributed by atoms with Crippen molar-refractivity contribution in [2.24, 2.45) is 0 Å². The molecule has 5 aromatic rings. The smallest absolute Gasteiger partial charge is 0.264 e. The number of hydrogen-bond acceptors (Lipinski definition) is 7. The van der Waals surface area contributed by atoms with Crippen LogP contribution in [0.4, 0.5) is 5.69 Å². The molecule has 0 amide bonds. The summed E-state index contributed by atoms with van der Waals surface area (Å²) in [4.78, 5) is 16.9. The average molecular weight is 459 g/mol. The summed E-state index contributed by atoms with van der Waals surface area (Å²) in [5.74, 6) is 2.26. The fourth-order valence-corrected chi connectivity index (χ4v) is 4.59. The number of benzene rings is 2. The first-order valence-electron chi connectivity index (χ1n) is 9.96. The minimum atomic E-state index is -3.83.